The number of halogens is 1. The third kappa shape index (κ3) is 4.96. The number of nitrogens with one attached hydrogen (secondary N) is 1. The second-order valence-electron chi connectivity index (χ2n) is 3.97. The molecule has 0 aliphatic carbocycles. The summed E-state index contributed by atoms with van der Waals surface area (Å²) >= 11 is 3.45. The minimum absolute atomic E-state index is 0.0614. The van der Waals surface area contributed by atoms with E-state index in [0.717, 1.165) is 5.56 Å². The highest BCUT2D eigenvalue weighted by atomic mass is 79.9. The Morgan fingerprint density at radius 2 is 2.06 bits per heavy atom. The van der Waals surface area contributed by atoms with E-state index >= 15 is 0 Å². The van der Waals surface area contributed by atoms with Gasteiger partial charge in [-0.2, -0.15) is 0 Å². The summed E-state index contributed by atoms with van der Waals surface area (Å²) in [5, 5.41) is 0. The normalized spacial score (nSPS) is 13.3. The lowest BCUT2D eigenvalue weighted by Crippen LogP contribution is -2.18. The smallest absolute Gasteiger partial charge is 0.232 e. The van der Waals surface area contributed by atoms with Crippen LogP contribution in [0.15, 0.2) is 24.3 Å². The molecule has 1 N–H and O–H groups in total. The van der Waals surface area contributed by atoms with Crippen LogP contribution in [0.3, 0.4) is 0 Å². The molecule has 1 aromatic rings. The molecule has 0 heterocycles. The van der Waals surface area contributed by atoms with Crippen LogP contribution in [0.2, 0.25) is 0 Å². The molecule has 0 aliphatic heterocycles. The number of alkyl halides is 1. The van der Waals surface area contributed by atoms with Crippen LogP contribution in [0.25, 0.3) is 0 Å². The van der Waals surface area contributed by atoms with Crippen molar-refractivity contribution in [1.29, 1.82) is 0 Å². The maximum absolute atomic E-state index is 11.9. The van der Waals surface area contributed by atoms with E-state index in [2.05, 4.69) is 20.7 Å². The highest BCUT2D eigenvalue weighted by Crippen LogP contribution is 2.29. The molecule has 4 nitrogen and oxygen atoms in total. The number of hydrogen-bond donors (Lipinski definition) is 1. The third-order valence-electron chi connectivity index (χ3n) is 2.42. The summed E-state index contributed by atoms with van der Waals surface area (Å²) in [4.78, 5) is 0.0929. The topological polar surface area (TPSA) is 55.4 Å². The Morgan fingerprint density at radius 3 is 2.67 bits per heavy atom. The lowest BCUT2D eigenvalue weighted by atomic mass is 10.1. The number of benzene rings is 1. The summed E-state index contributed by atoms with van der Waals surface area (Å²) in [5.74, 6) is 0.0614. The second kappa shape index (κ2) is 7.11. The molecule has 18 heavy (non-hydrogen) atoms. The number of anilines is 1. The third-order valence-corrected chi connectivity index (χ3v) is 4.27. The summed E-state index contributed by atoms with van der Waals surface area (Å²) < 4.78 is 31.2. The first-order chi connectivity index (χ1) is 8.46. The zero-order valence-electron chi connectivity index (χ0n) is 10.5. The van der Waals surface area contributed by atoms with Gasteiger partial charge in [-0.3, -0.25) is 4.72 Å². The molecule has 1 atom stereocenters. The second-order valence-corrected chi connectivity index (χ2v) is 7.19. The van der Waals surface area contributed by atoms with Gasteiger partial charge in [0.1, 0.15) is 0 Å². The van der Waals surface area contributed by atoms with Crippen LogP contribution >= 0.6 is 15.9 Å². The average Bonchev–Trinajstić information content (AvgIpc) is 2.29. The maximum Gasteiger partial charge on any atom is 0.232 e. The number of ether oxygens (including phenoxy) is 1. The zero-order chi connectivity index (χ0) is 13.6. The summed E-state index contributed by atoms with van der Waals surface area (Å²) in [6.45, 7) is 2.40. The molecule has 0 spiro atoms. The predicted octanol–water partition coefficient (Wildman–Crippen LogP) is 2.92. The fraction of sp³-hybridized carbons (Fsp3) is 0.500. The fourth-order valence-corrected chi connectivity index (χ4v) is 3.07. The van der Waals surface area contributed by atoms with Crippen LogP contribution in [-0.4, -0.2) is 27.9 Å². The Bertz CT molecular complexity index is 474. The van der Waals surface area contributed by atoms with Crippen LogP contribution in [0.5, 0.6) is 0 Å². The minimum Gasteiger partial charge on any atom is -0.385 e. The van der Waals surface area contributed by atoms with Gasteiger partial charge in [0.25, 0.3) is 0 Å². The predicted molar refractivity (Wildman–Crippen MR) is 77.7 cm³/mol. The molecular formula is C12H18BrNO3S. The molecule has 0 fully saturated rings. The van der Waals surface area contributed by atoms with Crippen molar-refractivity contribution in [1.82, 2.24) is 0 Å². The average molecular weight is 336 g/mol. The highest BCUT2D eigenvalue weighted by molar-refractivity contribution is 9.09. The summed E-state index contributed by atoms with van der Waals surface area (Å²) in [6, 6.07) is 7.36. The van der Waals surface area contributed by atoms with E-state index in [1.807, 2.05) is 25.1 Å². The molecule has 0 aliphatic rings. The summed E-state index contributed by atoms with van der Waals surface area (Å²) in [6.07, 6.45) is 0.484. The van der Waals surface area contributed by atoms with Gasteiger partial charge in [0.15, 0.2) is 0 Å². The first-order valence-electron chi connectivity index (χ1n) is 5.68. The summed E-state index contributed by atoms with van der Waals surface area (Å²) in [5.41, 5.74) is 1.55. The van der Waals surface area contributed by atoms with Crippen molar-refractivity contribution in [2.24, 2.45) is 0 Å². The standard InChI is InChI=1S/C12H18BrNO3S/c1-10(13)11-6-3-4-7-12(11)14-18(15,16)9-5-8-17-2/h3-4,6-7,10,14H,5,8-9H2,1-2H3. The summed E-state index contributed by atoms with van der Waals surface area (Å²) in [7, 11) is -1.76. The van der Waals surface area contributed by atoms with Crippen molar-refractivity contribution < 1.29 is 13.2 Å². The molecule has 1 aromatic carbocycles. The van der Waals surface area contributed by atoms with Gasteiger partial charge in [-0.05, 0) is 25.0 Å². The molecule has 102 valence electrons. The van der Waals surface area contributed by atoms with Crippen LogP contribution < -0.4 is 4.72 Å². The van der Waals surface area contributed by atoms with Crippen molar-refractivity contribution >= 4 is 31.6 Å². The van der Waals surface area contributed by atoms with Gasteiger partial charge < -0.3 is 4.74 Å². The molecule has 0 bridgehead atoms. The van der Waals surface area contributed by atoms with Crippen molar-refractivity contribution in [2.75, 3.05) is 24.2 Å². The lowest BCUT2D eigenvalue weighted by molar-refractivity contribution is 0.199. The number of methoxy groups -OCH3 is 1. The van der Waals surface area contributed by atoms with Crippen molar-refractivity contribution in [3.05, 3.63) is 29.8 Å². The van der Waals surface area contributed by atoms with Gasteiger partial charge in [-0.1, -0.05) is 34.1 Å². The number of sulfonamides is 1. The Balaban J connectivity index is 2.78. The van der Waals surface area contributed by atoms with Crippen LogP contribution in [0.4, 0.5) is 5.69 Å². The maximum atomic E-state index is 11.9. The minimum atomic E-state index is -3.31. The van der Waals surface area contributed by atoms with E-state index in [1.54, 1.807) is 13.2 Å². The Labute approximate surface area is 117 Å². The van der Waals surface area contributed by atoms with Crippen LogP contribution in [-0.2, 0) is 14.8 Å². The molecule has 0 amide bonds. The van der Waals surface area contributed by atoms with Gasteiger partial charge >= 0.3 is 0 Å². The quantitative estimate of drug-likeness (QED) is 0.615. The number of rotatable bonds is 7. The lowest BCUT2D eigenvalue weighted by Gasteiger charge is -2.13. The first-order valence-corrected chi connectivity index (χ1v) is 8.25. The Morgan fingerprint density at radius 1 is 1.39 bits per heavy atom. The fourth-order valence-electron chi connectivity index (χ4n) is 1.55. The van der Waals surface area contributed by atoms with E-state index in [1.165, 1.54) is 0 Å². The van der Waals surface area contributed by atoms with E-state index < -0.39 is 10.0 Å². The molecule has 1 rings (SSSR count). The van der Waals surface area contributed by atoms with E-state index in [0.29, 0.717) is 18.7 Å². The SMILES string of the molecule is COCCCS(=O)(=O)Nc1ccccc1C(C)Br. The molecule has 0 saturated heterocycles. The van der Waals surface area contributed by atoms with Crippen LogP contribution in [0, 0.1) is 0 Å². The van der Waals surface area contributed by atoms with E-state index in [-0.39, 0.29) is 10.6 Å². The van der Waals surface area contributed by atoms with E-state index in [9.17, 15) is 8.42 Å². The van der Waals surface area contributed by atoms with Gasteiger partial charge in [-0.25, -0.2) is 8.42 Å². The Hall–Kier alpha value is -0.590. The molecular weight excluding hydrogens is 318 g/mol. The molecule has 0 saturated carbocycles. The van der Waals surface area contributed by atoms with Crippen molar-refractivity contribution in [2.45, 2.75) is 18.2 Å². The van der Waals surface area contributed by atoms with Gasteiger partial charge in [0.2, 0.25) is 10.0 Å². The largest absolute Gasteiger partial charge is 0.385 e. The van der Waals surface area contributed by atoms with Crippen molar-refractivity contribution in [3.8, 4) is 0 Å². The van der Waals surface area contributed by atoms with Gasteiger partial charge in [0.05, 0.1) is 11.4 Å². The molecule has 0 aromatic heterocycles. The molecule has 1 unspecified atom stereocenters. The number of hydrogen-bond acceptors (Lipinski definition) is 3. The first kappa shape index (κ1) is 15.5. The Kier molecular flexibility index (Phi) is 6.11. The zero-order valence-corrected chi connectivity index (χ0v) is 12.9. The van der Waals surface area contributed by atoms with Crippen molar-refractivity contribution in [3.63, 3.8) is 0 Å². The van der Waals surface area contributed by atoms with E-state index in [4.69, 9.17) is 4.74 Å². The van der Waals surface area contributed by atoms with Gasteiger partial charge in [0, 0.05) is 18.5 Å². The highest BCUT2D eigenvalue weighted by Gasteiger charge is 2.14. The van der Waals surface area contributed by atoms with Crippen LogP contribution in [0.1, 0.15) is 23.7 Å². The molecule has 6 heteroatoms. The molecule has 0 radical (unpaired) electrons. The van der Waals surface area contributed by atoms with Gasteiger partial charge in [-0.15, -0.1) is 0 Å². The monoisotopic (exact) mass is 335 g/mol. The number of para-hydroxylation sites is 1.